The highest BCUT2D eigenvalue weighted by molar-refractivity contribution is 7.99. The smallest absolute Gasteiger partial charge is 0.234 e. The molecule has 28 heavy (non-hydrogen) atoms. The van der Waals surface area contributed by atoms with Gasteiger partial charge in [0.15, 0.2) is 5.96 Å². The van der Waals surface area contributed by atoms with Crippen LogP contribution in [0.25, 0.3) is 0 Å². The van der Waals surface area contributed by atoms with Crippen molar-refractivity contribution in [2.75, 3.05) is 51.6 Å². The summed E-state index contributed by atoms with van der Waals surface area (Å²) >= 11 is 1.68. The van der Waals surface area contributed by atoms with Crippen LogP contribution >= 0.6 is 11.8 Å². The maximum absolute atomic E-state index is 13.0. The number of carbonyl (C=O) groups excluding carboxylic acids is 1. The summed E-state index contributed by atoms with van der Waals surface area (Å²) in [5, 5.41) is 6.30. The SMILES string of the molecule is CCNC(=NCCSc1ccc(F)cc1)N1CCN(CC(=O)NC(C)C)CC1. The molecule has 2 rings (SSSR count). The third kappa shape index (κ3) is 8.06. The molecule has 6 nitrogen and oxygen atoms in total. The second-order valence-electron chi connectivity index (χ2n) is 7.02. The lowest BCUT2D eigenvalue weighted by Gasteiger charge is -2.36. The zero-order valence-corrected chi connectivity index (χ0v) is 17.9. The van der Waals surface area contributed by atoms with Crippen LogP contribution in [-0.2, 0) is 4.79 Å². The molecule has 1 fully saturated rings. The van der Waals surface area contributed by atoms with Gasteiger partial charge in [-0.1, -0.05) is 0 Å². The Labute approximate surface area is 171 Å². The van der Waals surface area contributed by atoms with E-state index >= 15 is 0 Å². The Morgan fingerprint density at radius 1 is 1.21 bits per heavy atom. The second-order valence-corrected chi connectivity index (χ2v) is 8.19. The van der Waals surface area contributed by atoms with Crippen molar-refractivity contribution in [3.63, 3.8) is 0 Å². The van der Waals surface area contributed by atoms with Gasteiger partial charge in [0.2, 0.25) is 5.91 Å². The van der Waals surface area contributed by atoms with Crippen LogP contribution in [0.1, 0.15) is 20.8 Å². The van der Waals surface area contributed by atoms with Crippen LogP contribution in [-0.4, -0.2) is 79.3 Å². The maximum Gasteiger partial charge on any atom is 0.234 e. The summed E-state index contributed by atoms with van der Waals surface area (Å²) in [7, 11) is 0. The van der Waals surface area contributed by atoms with Crippen LogP contribution in [0.3, 0.4) is 0 Å². The molecule has 8 heteroatoms. The largest absolute Gasteiger partial charge is 0.357 e. The van der Waals surface area contributed by atoms with Crippen molar-refractivity contribution in [2.24, 2.45) is 4.99 Å². The van der Waals surface area contributed by atoms with Gasteiger partial charge in [-0.15, -0.1) is 11.8 Å². The lowest BCUT2D eigenvalue weighted by molar-refractivity contribution is -0.123. The number of nitrogens with one attached hydrogen (secondary N) is 2. The van der Waals surface area contributed by atoms with Crippen molar-refractivity contribution < 1.29 is 9.18 Å². The Bertz CT molecular complexity index is 630. The first kappa shape index (κ1) is 22.5. The van der Waals surface area contributed by atoms with E-state index < -0.39 is 0 Å². The molecule has 0 aliphatic carbocycles. The number of aliphatic imine (C=N–C) groups is 1. The summed E-state index contributed by atoms with van der Waals surface area (Å²) in [6, 6.07) is 6.73. The van der Waals surface area contributed by atoms with Gasteiger partial charge in [-0.2, -0.15) is 0 Å². The van der Waals surface area contributed by atoms with Gasteiger partial charge in [-0.05, 0) is 45.0 Å². The molecule has 0 aromatic heterocycles. The molecule has 1 heterocycles. The molecule has 2 N–H and O–H groups in total. The molecule has 0 radical (unpaired) electrons. The van der Waals surface area contributed by atoms with Gasteiger partial charge >= 0.3 is 0 Å². The lowest BCUT2D eigenvalue weighted by atomic mass is 10.3. The third-order valence-corrected chi connectivity index (χ3v) is 5.25. The quantitative estimate of drug-likeness (QED) is 0.298. The van der Waals surface area contributed by atoms with E-state index in [2.05, 4.69) is 27.4 Å². The number of carbonyl (C=O) groups is 1. The fourth-order valence-corrected chi connectivity index (χ4v) is 3.71. The lowest BCUT2D eigenvalue weighted by Crippen LogP contribution is -2.54. The van der Waals surface area contributed by atoms with E-state index in [0.29, 0.717) is 13.1 Å². The predicted octanol–water partition coefficient (Wildman–Crippen LogP) is 2.03. The van der Waals surface area contributed by atoms with Gasteiger partial charge in [-0.3, -0.25) is 14.7 Å². The topological polar surface area (TPSA) is 60.0 Å². The molecule has 0 bridgehead atoms. The number of amides is 1. The van der Waals surface area contributed by atoms with E-state index in [4.69, 9.17) is 4.99 Å². The molecule has 1 aliphatic heterocycles. The molecule has 1 aromatic rings. The zero-order valence-electron chi connectivity index (χ0n) is 17.1. The molecular weight excluding hydrogens is 377 g/mol. The predicted molar refractivity (Wildman–Crippen MR) is 114 cm³/mol. The summed E-state index contributed by atoms with van der Waals surface area (Å²) in [6.45, 7) is 11.4. The number of piperazine rings is 1. The minimum atomic E-state index is -0.211. The summed E-state index contributed by atoms with van der Waals surface area (Å²) in [4.78, 5) is 22.1. The van der Waals surface area contributed by atoms with Gasteiger partial charge in [0.25, 0.3) is 0 Å². The number of guanidine groups is 1. The van der Waals surface area contributed by atoms with Gasteiger partial charge in [0.05, 0.1) is 13.1 Å². The molecule has 1 saturated heterocycles. The van der Waals surface area contributed by atoms with Crippen LogP contribution in [0.4, 0.5) is 4.39 Å². The summed E-state index contributed by atoms with van der Waals surface area (Å²) in [6.07, 6.45) is 0. The first-order valence-electron chi connectivity index (χ1n) is 9.91. The Morgan fingerprint density at radius 3 is 2.50 bits per heavy atom. The number of benzene rings is 1. The molecule has 0 atom stereocenters. The van der Waals surface area contributed by atoms with E-state index in [1.54, 1.807) is 23.9 Å². The zero-order chi connectivity index (χ0) is 20.4. The number of halogens is 1. The monoisotopic (exact) mass is 409 g/mol. The number of hydrogen-bond acceptors (Lipinski definition) is 4. The van der Waals surface area contributed by atoms with E-state index in [1.165, 1.54) is 12.1 Å². The molecule has 156 valence electrons. The molecule has 0 unspecified atom stereocenters. The summed E-state index contributed by atoms with van der Waals surface area (Å²) in [5.74, 6) is 1.64. The van der Waals surface area contributed by atoms with Crippen LogP contribution in [0, 0.1) is 5.82 Å². The fourth-order valence-electron chi connectivity index (χ4n) is 2.96. The first-order chi connectivity index (χ1) is 13.5. The molecular formula is C20H32FN5OS. The van der Waals surface area contributed by atoms with Crippen LogP contribution < -0.4 is 10.6 Å². The van der Waals surface area contributed by atoms with Crippen molar-refractivity contribution in [1.29, 1.82) is 0 Å². The highest BCUT2D eigenvalue weighted by Crippen LogP contribution is 2.17. The number of thioether (sulfide) groups is 1. The second kappa shape index (κ2) is 11.9. The van der Waals surface area contributed by atoms with Crippen molar-refractivity contribution in [2.45, 2.75) is 31.7 Å². The van der Waals surface area contributed by atoms with Crippen molar-refractivity contribution in [3.05, 3.63) is 30.1 Å². The number of hydrogen-bond donors (Lipinski definition) is 2. The molecule has 1 amide bonds. The third-order valence-electron chi connectivity index (χ3n) is 4.26. The van der Waals surface area contributed by atoms with Crippen LogP contribution in [0.15, 0.2) is 34.2 Å². The van der Waals surface area contributed by atoms with Gasteiger partial charge in [-0.25, -0.2) is 4.39 Å². The summed E-state index contributed by atoms with van der Waals surface area (Å²) in [5.41, 5.74) is 0. The Hall–Kier alpha value is -1.80. The van der Waals surface area contributed by atoms with Gasteiger partial charge < -0.3 is 15.5 Å². The van der Waals surface area contributed by atoms with Crippen molar-refractivity contribution in [3.8, 4) is 0 Å². The highest BCUT2D eigenvalue weighted by Gasteiger charge is 2.21. The van der Waals surface area contributed by atoms with E-state index in [-0.39, 0.29) is 17.8 Å². The van der Waals surface area contributed by atoms with Crippen molar-refractivity contribution >= 4 is 23.6 Å². The maximum atomic E-state index is 13.0. The van der Waals surface area contributed by atoms with E-state index in [1.807, 2.05) is 13.8 Å². The Kier molecular flexibility index (Phi) is 9.57. The number of rotatable bonds is 8. The van der Waals surface area contributed by atoms with Crippen molar-refractivity contribution in [1.82, 2.24) is 20.4 Å². The summed E-state index contributed by atoms with van der Waals surface area (Å²) < 4.78 is 13.0. The fraction of sp³-hybridized carbons (Fsp3) is 0.600. The molecule has 0 spiro atoms. The van der Waals surface area contributed by atoms with E-state index in [9.17, 15) is 9.18 Å². The first-order valence-corrected chi connectivity index (χ1v) is 10.9. The molecule has 0 saturated carbocycles. The van der Waals surface area contributed by atoms with E-state index in [0.717, 1.165) is 49.3 Å². The average Bonchev–Trinajstić information content (AvgIpc) is 2.66. The highest BCUT2D eigenvalue weighted by atomic mass is 32.2. The standard InChI is InChI=1S/C20H32FN5OS/c1-4-22-20(23-9-14-28-18-7-5-17(21)6-8-18)26-12-10-25(11-13-26)15-19(27)24-16(2)3/h5-8,16H,4,9-15H2,1-3H3,(H,22,23)(H,24,27). The van der Waals surface area contributed by atoms with Gasteiger partial charge in [0.1, 0.15) is 5.82 Å². The van der Waals surface area contributed by atoms with Gasteiger partial charge in [0, 0.05) is 49.4 Å². The minimum absolute atomic E-state index is 0.0850. The van der Waals surface area contributed by atoms with Crippen LogP contribution in [0.2, 0.25) is 0 Å². The number of nitrogens with zero attached hydrogens (tertiary/aromatic N) is 3. The Morgan fingerprint density at radius 2 is 1.89 bits per heavy atom. The minimum Gasteiger partial charge on any atom is -0.357 e. The average molecular weight is 410 g/mol. The van der Waals surface area contributed by atoms with Crippen LogP contribution in [0.5, 0.6) is 0 Å². The Balaban J connectivity index is 1.77. The normalized spacial score (nSPS) is 15.8. The molecule has 1 aromatic carbocycles. The molecule has 1 aliphatic rings.